The van der Waals surface area contributed by atoms with Gasteiger partial charge in [-0.3, -0.25) is 9.78 Å². The summed E-state index contributed by atoms with van der Waals surface area (Å²) in [5.41, 5.74) is 2.86. The summed E-state index contributed by atoms with van der Waals surface area (Å²) in [6.07, 6.45) is 8.38. The number of aromatic nitrogens is 4. The van der Waals surface area contributed by atoms with Crippen molar-refractivity contribution in [3.05, 3.63) is 54.1 Å². The smallest absolute Gasteiger partial charge is 0.281 e. The van der Waals surface area contributed by atoms with Gasteiger partial charge >= 0.3 is 0 Å². The predicted molar refractivity (Wildman–Crippen MR) is 127 cm³/mol. The Morgan fingerprint density at radius 2 is 1.91 bits per heavy atom. The molecule has 34 heavy (non-hydrogen) atoms. The van der Waals surface area contributed by atoms with Crippen molar-refractivity contribution in [2.75, 3.05) is 30.4 Å². The van der Waals surface area contributed by atoms with Gasteiger partial charge in [-0.1, -0.05) is 0 Å². The van der Waals surface area contributed by atoms with E-state index in [1.54, 1.807) is 24.5 Å². The second-order valence-electron chi connectivity index (χ2n) is 8.21. The van der Waals surface area contributed by atoms with Crippen molar-refractivity contribution in [1.82, 2.24) is 25.3 Å². The predicted octanol–water partition coefficient (Wildman–Crippen LogP) is 3.03. The number of fused-ring (bicyclic) bond motifs is 1. The van der Waals surface area contributed by atoms with Gasteiger partial charge in [-0.15, -0.1) is 0 Å². The van der Waals surface area contributed by atoms with Crippen LogP contribution in [-0.2, 0) is 4.74 Å². The highest BCUT2D eigenvalue weighted by Crippen LogP contribution is 2.30. The molecular weight excluding hydrogens is 434 g/mol. The molecule has 0 aromatic carbocycles. The molecule has 0 bridgehead atoms. The first-order valence-corrected chi connectivity index (χ1v) is 11.0. The molecular formula is C24H24N7O3. The standard InChI is InChI=1S/C24H24N7O3/c1-14-12-31(13-15(2)34-14)20-5-4-17(9-27-20)28-23-22-16(6-7-26-24(22)32)8-18(30-23)19-10-25-11-21(29-19)33-3/h4-11,14-15H,12-13H2,1-3H3,(H,28,30)/t14-,15+. The molecule has 10 heteroatoms. The van der Waals surface area contributed by atoms with Gasteiger partial charge in [0.2, 0.25) is 5.88 Å². The summed E-state index contributed by atoms with van der Waals surface area (Å²) in [7, 11) is 1.53. The average molecular weight is 459 g/mol. The molecule has 1 fully saturated rings. The summed E-state index contributed by atoms with van der Waals surface area (Å²) in [5, 5.41) is 7.15. The van der Waals surface area contributed by atoms with Crippen LogP contribution in [0.25, 0.3) is 17.5 Å². The van der Waals surface area contributed by atoms with Gasteiger partial charge < -0.3 is 19.7 Å². The third-order valence-electron chi connectivity index (χ3n) is 5.55. The van der Waals surface area contributed by atoms with Crippen molar-refractivity contribution >= 4 is 29.3 Å². The van der Waals surface area contributed by atoms with Gasteiger partial charge in [0.1, 0.15) is 17.3 Å². The van der Waals surface area contributed by atoms with Gasteiger partial charge in [0.15, 0.2) is 0 Å². The van der Waals surface area contributed by atoms with Crippen LogP contribution in [0.1, 0.15) is 29.8 Å². The Morgan fingerprint density at radius 3 is 2.65 bits per heavy atom. The Labute approximate surface area is 197 Å². The highest BCUT2D eigenvalue weighted by atomic mass is 16.5. The Morgan fingerprint density at radius 1 is 1.09 bits per heavy atom. The minimum Gasteiger partial charge on any atom is -0.480 e. The van der Waals surface area contributed by atoms with Crippen molar-refractivity contribution in [3.63, 3.8) is 0 Å². The fraction of sp³-hybridized carbons (Fsp3) is 0.292. The number of hydrogen-bond donors (Lipinski definition) is 1. The van der Waals surface area contributed by atoms with Crippen LogP contribution in [0.15, 0.2) is 43.0 Å². The molecule has 2 aliphatic heterocycles. The molecule has 3 aromatic rings. The summed E-state index contributed by atoms with van der Waals surface area (Å²) in [5.74, 6) is 1.26. The summed E-state index contributed by atoms with van der Waals surface area (Å²) < 4.78 is 11.0. The number of rotatable bonds is 5. The molecule has 1 N–H and O–H groups in total. The largest absolute Gasteiger partial charge is 0.480 e. The number of pyridine rings is 2. The van der Waals surface area contributed by atoms with Crippen LogP contribution in [-0.4, -0.2) is 58.3 Å². The normalized spacial score (nSPS) is 19.4. The van der Waals surface area contributed by atoms with Crippen molar-refractivity contribution in [1.29, 1.82) is 0 Å². The number of amides is 1. The lowest BCUT2D eigenvalue weighted by molar-refractivity contribution is -0.00545. The SMILES string of the molecule is COc1cncc(-c2cc3c(c(Nc4ccc(N5C[C@@H](C)O[C@@H](C)C5)nc4)n2)C(=O)[N]C=C3)n1. The molecule has 1 radical (unpaired) electrons. The van der Waals surface area contributed by atoms with Crippen LogP contribution in [0.3, 0.4) is 0 Å². The molecule has 3 aromatic heterocycles. The van der Waals surface area contributed by atoms with E-state index in [0.717, 1.165) is 18.9 Å². The van der Waals surface area contributed by atoms with E-state index in [2.05, 4.69) is 49.3 Å². The first-order valence-electron chi connectivity index (χ1n) is 11.0. The Hall–Kier alpha value is -4.05. The van der Waals surface area contributed by atoms with E-state index in [0.29, 0.717) is 39.9 Å². The molecule has 173 valence electrons. The van der Waals surface area contributed by atoms with Crippen molar-refractivity contribution in [2.45, 2.75) is 26.1 Å². The minimum atomic E-state index is -0.364. The molecule has 1 saturated heterocycles. The van der Waals surface area contributed by atoms with Gasteiger partial charge in [0, 0.05) is 19.3 Å². The lowest BCUT2D eigenvalue weighted by Crippen LogP contribution is -2.45. The second-order valence-corrected chi connectivity index (χ2v) is 8.21. The van der Waals surface area contributed by atoms with Crippen LogP contribution < -0.4 is 20.3 Å². The maximum Gasteiger partial charge on any atom is 0.281 e. The summed E-state index contributed by atoms with van der Waals surface area (Å²) in [6.45, 7) is 5.68. The van der Waals surface area contributed by atoms with Gasteiger partial charge in [-0.25, -0.2) is 20.3 Å². The molecule has 5 rings (SSSR count). The zero-order valence-corrected chi connectivity index (χ0v) is 19.1. The second kappa shape index (κ2) is 9.06. The maximum atomic E-state index is 12.6. The number of anilines is 3. The fourth-order valence-corrected chi connectivity index (χ4v) is 4.11. The van der Waals surface area contributed by atoms with E-state index in [1.807, 2.05) is 12.1 Å². The third kappa shape index (κ3) is 4.40. The Kier molecular flexibility index (Phi) is 5.81. The van der Waals surface area contributed by atoms with Crippen molar-refractivity contribution in [3.8, 4) is 17.3 Å². The number of morpholine rings is 1. The number of carbonyl (C=O) groups is 1. The number of methoxy groups -OCH3 is 1. The summed E-state index contributed by atoms with van der Waals surface area (Å²) >= 11 is 0. The van der Waals surface area contributed by atoms with E-state index < -0.39 is 0 Å². The van der Waals surface area contributed by atoms with Crippen LogP contribution in [0.2, 0.25) is 0 Å². The molecule has 0 saturated carbocycles. The molecule has 2 aliphatic rings. The van der Waals surface area contributed by atoms with Gasteiger partial charge in [0.05, 0.1) is 54.9 Å². The van der Waals surface area contributed by atoms with Crippen LogP contribution in [0, 0.1) is 0 Å². The lowest BCUT2D eigenvalue weighted by atomic mass is 10.0. The summed E-state index contributed by atoms with van der Waals surface area (Å²) in [4.78, 5) is 32.7. The van der Waals surface area contributed by atoms with E-state index in [4.69, 9.17) is 9.47 Å². The molecule has 0 aliphatic carbocycles. The van der Waals surface area contributed by atoms with Crippen molar-refractivity contribution in [2.24, 2.45) is 0 Å². The van der Waals surface area contributed by atoms with E-state index in [1.165, 1.54) is 19.5 Å². The first-order chi connectivity index (χ1) is 16.5. The average Bonchev–Trinajstić information content (AvgIpc) is 2.84. The van der Waals surface area contributed by atoms with Gasteiger partial charge in [0.25, 0.3) is 5.91 Å². The monoisotopic (exact) mass is 458 g/mol. The minimum absolute atomic E-state index is 0.143. The molecule has 2 atom stereocenters. The lowest BCUT2D eigenvalue weighted by Gasteiger charge is -2.36. The highest BCUT2D eigenvalue weighted by molar-refractivity contribution is 6.05. The topological polar surface area (TPSA) is 116 Å². The number of ether oxygens (including phenoxy) is 2. The zero-order chi connectivity index (χ0) is 23.7. The fourth-order valence-electron chi connectivity index (χ4n) is 4.11. The first kappa shape index (κ1) is 21.8. The maximum absolute atomic E-state index is 12.6. The number of nitrogens with zero attached hydrogens (tertiary/aromatic N) is 6. The van der Waals surface area contributed by atoms with E-state index >= 15 is 0 Å². The van der Waals surface area contributed by atoms with Crippen LogP contribution in [0.4, 0.5) is 17.3 Å². The molecule has 5 heterocycles. The van der Waals surface area contributed by atoms with Crippen molar-refractivity contribution < 1.29 is 14.3 Å². The van der Waals surface area contributed by atoms with Gasteiger partial charge in [-0.2, -0.15) is 0 Å². The molecule has 0 spiro atoms. The van der Waals surface area contributed by atoms with E-state index in [9.17, 15) is 4.79 Å². The van der Waals surface area contributed by atoms with E-state index in [-0.39, 0.29) is 18.1 Å². The molecule has 0 unspecified atom stereocenters. The summed E-state index contributed by atoms with van der Waals surface area (Å²) in [6, 6.07) is 5.65. The highest BCUT2D eigenvalue weighted by Gasteiger charge is 2.24. The van der Waals surface area contributed by atoms with Crippen LogP contribution in [0.5, 0.6) is 5.88 Å². The number of hydrogen-bond acceptors (Lipinski definition) is 9. The third-order valence-corrected chi connectivity index (χ3v) is 5.55. The molecule has 10 nitrogen and oxygen atoms in total. The van der Waals surface area contributed by atoms with Gasteiger partial charge in [-0.05, 0) is 43.7 Å². The number of carbonyl (C=O) groups excluding carboxylic acids is 1. The Bertz CT molecular complexity index is 1240. The Balaban J connectivity index is 1.47. The molecule has 1 amide bonds. The zero-order valence-electron chi connectivity index (χ0n) is 19.1. The quantitative estimate of drug-likeness (QED) is 0.616. The number of nitrogens with one attached hydrogen (secondary N) is 1. The van der Waals surface area contributed by atoms with Crippen LogP contribution >= 0.6 is 0 Å².